The van der Waals surface area contributed by atoms with Gasteiger partial charge in [0, 0.05) is 26.7 Å². The molecule has 104 valence electrons. The second-order valence-electron chi connectivity index (χ2n) is 4.43. The number of aliphatic hydroxyl groups is 1. The third-order valence-corrected chi connectivity index (χ3v) is 3.29. The van der Waals surface area contributed by atoms with Gasteiger partial charge >= 0.3 is 5.97 Å². The Hall–Kier alpha value is -1.60. The number of hydrogen-bond donors (Lipinski definition) is 2. The number of carboxylic acid groups (broad SMARTS) is 1. The zero-order valence-corrected chi connectivity index (χ0v) is 11.2. The number of hydrogen-bond acceptors (Lipinski definition) is 6. The van der Waals surface area contributed by atoms with E-state index in [-0.39, 0.29) is 12.5 Å². The number of carbonyl (C=O) groups is 1. The van der Waals surface area contributed by atoms with Crippen LogP contribution in [0.2, 0.25) is 5.02 Å². The number of nitrogens with zero attached hydrogens (tertiary/aromatic N) is 4. The summed E-state index contributed by atoms with van der Waals surface area (Å²) >= 11 is 6.03. The van der Waals surface area contributed by atoms with Crippen molar-refractivity contribution >= 4 is 29.3 Å². The number of rotatable bonds is 5. The van der Waals surface area contributed by atoms with Crippen LogP contribution in [-0.4, -0.2) is 59.4 Å². The van der Waals surface area contributed by atoms with Crippen molar-refractivity contribution in [3.05, 3.63) is 11.2 Å². The highest BCUT2D eigenvalue weighted by Gasteiger charge is 2.34. The summed E-state index contributed by atoms with van der Waals surface area (Å²) in [6.45, 7) is 1.21. The molecular formula is C11H15ClN4O3. The van der Waals surface area contributed by atoms with Crippen molar-refractivity contribution in [2.24, 2.45) is 5.92 Å². The van der Waals surface area contributed by atoms with Crippen LogP contribution in [0.25, 0.3) is 0 Å². The van der Waals surface area contributed by atoms with Gasteiger partial charge in [0.15, 0.2) is 5.82 Å². The van der Waals surface area contributed by atoms with E-state index >= 15 is 0 Å². The molecule has 0 spiro atoms. The Labute approximate surface area is 115 Å². The number of aliphatic carboxylic acids is 1. The Morgan fingerprint density at radius 2 is 2.32 bits per heavy atom. The quantitative estimate of drug-likeness (QED) is 0.792. The van der Waals surface area contributed by atoms with E-state index in [1.165, 1.54) is 6.20 Å². The van der Waals surface area contributed by atoms with Crippen molar-refractivity contribution in [3.63, 3.8) is 0 Å². The highest BCUT2D eigenvalue weighted by molar-refractivity contribution is 6.32. The monoisotopic (exact) mass is 286 g/mol. The second-order valence-corrected chi connectivity index (χ2v) is 4.83. The van der Waals surface area contributed by atoms with E-state index in [9.17, 15) is 4.79 Å². The van der Waals surface area contributed by atoms with Gasteiger partial charge in [-0.2, -0.15) is 4.98 Å². The first kappa shape index (κ1) is 13.8. The van der Waals surface area contributed by atoms with Crippen LogP contribution in [0.4, 0.5) is 11.8 Å². The maximum atomic E-state index is 10.8. The van der Waals surface area contributed by atoms with E-state index < -0.39 is 5.97 Å². The molecule has 8 heteroatoms. The van der Waals surface area contributed by atoms with Crippen LogP contribution in [0.1, 0.15) is 0 Å². The average molecular weight is 287 g/mol. The van der Waals surface area contributed by atoms with E-state index in [0.29, 0.717) is 36.4 Å². The molecule has 0 bridgehead atoms. The molecule has 0 aliphatic carbocycles. The summed E-state index contributed by atoms with van der Waals surface area (Å²) in [5.74, 6) is -0.190. The molecule has 0 radical (unpaired) electrons. The van der Waals surface area contributed by atoms with Gasteiger partial charge in [0.2, 0.25) is 5.95 Å². The van der Waals surface area contributed by atoms with E-state index in [4.69, 9.17) is 21.8 Å². The van der Waals surface area contributed by atoms with Gasteiger partial charge in [-0.15, -0.1) is 0 Å². The fourth-order valence-corrected chi connectivity index (χ4v) is 2.02. The zero-order valence-electron chi connectivity index (χ0n) is 10.5. The van der Waals surface area contributed by atoms with E-state index in [2.05, 4.69) is 9.97 Å². The number of aliphatic hydroxyl groups excluding tert-OH is 1. The van der Waals surface area contributed by atoms with Crippen molar-refractivity contribution in [1.29, 1.82) is 0 Å². The van der Waals surface area contributed by atoms with Gasteiger partial charge < -0.3 is 20.0 Å². The lowest BCUT2D eigenvalue weighted by Crippen LogP contribution is -2.51. The summed E-state index contributed by atoms with van der Waals surface area (Å²) in [5, 5.41) is 18.1. The summed E-state index contributed by atoms with van der Waals surface area (Å²) in [7, 11) is 1.76. The third-order valence-electron chi connectivity index (χ3n) is 3.02. The van der Waals surface area contributed by atoms with Gasteiger partial charge in [0.25, 0.3) is 0 Å². The number of aromatic nitrogens is 2. The molecule has 1 aliphatic rings. The molecule has 7 nitrogen and oxygen atoms in total. The molecule has 1 saturated heterocycles. The molecule has 0 unspecified atom stereocenters. The SMILES string of the molecule is CN(CCO)c1ncc(Cl)c(N2CC(C(=O)O)C2)n1. The molecule has 1 fully saturated rings. The molecular weight excluding hydrogens is 272 g/mol. The van der Waals surface area contributed by atoms with Gasteiger partial charge in [-0.1, -0.05) is 11.6 Å². The van der Waals surface area contributed by atoms with Crippen LogP contribution in [0.5, 0.6) is 0 Å². The Morgan fingerprint density at radius 3 is 2.89 bits per heavy atom. The van der Waals surface area contributed by atoms with Gasteiger partial charge in [0.1, 0.15) is 5.02 Å². The van der Waals surface area contributed by atoms with Crippen molar-refractivity contribution in [2.45, 2.75) is 0 Å². The lowest BCUT2D eigenvalue weighted by molar-refractivity contribution is -0.142. The normalized spacial score (nSPS) is 15.2. The largest absolute Gasteiger partial charge is 0.481 e. The Balaban J connectivity index is 2.13. The number of anilines is 2. The first-order chi connectivity index (χ1) is 9.02. The lowest BCUT2D eigenvalue weighted by Gasteiger charge is -2.38. The maximum Gasteiger partial charge on any atom is 0.310 e. The second kappa shape index (κ2) is 5.58. The smallest absolute Gasteiger partial charge is 0.310 e. The molecule has 19 heavy (non-hydrogen) atoms. The first-order valence-electron chi connectivity index (χ1n) is 5.85. The minimum Gasteiger partial charge on any atom is -0.481 e. The predicted molar refractivity (Wildman–Crippen MR) is 70.7 cm³/mol. The fourth-order valence-electron chi connectivity index (χ4n) is 1.81. The topological polar surface area (TPSA) is 89.8 Å². The van der Waals surface area contributed by atoms with Crippen LogP contribution < -0.4 is 9.80 Å². The van der Waals surface area contributed by atoms with Crippen LogP contribution in [0.15, 0.2) is 6.20 Å². The summed E-state index contributed by atoms with van der Waals surface area (Å²) in [5.41, 5.74) is 0. The fraction of sp³-hybridized carbons (Fsp3) is 0.545. The van der Waals surface area contributed by atoms with E-state index in [1.54, 1.807) is 16.8 Å². The van der Waals surface area contributed by atoms with Crippen molar-refractivity contribution < 1.29 is 15.0 Å². The average Bonchev–Trinajstić information content (AvgIpc) is 2.29. The highest BCUT2D eigenvalue weighted by atomic mass is 35.5. The molecule has 2 rings (SSSR count). The highest BCUT2D eigenvalue weighted by Crippen LogP contribution is 2.30. The number of carboxylic acids is 1. The van der Waals surface area contributed by atoms with Crippen molar-refractivity contribution in [2.75, 3.05) is 43.1 Å². The maximum absolute atomic E-state index is 10.8. The molecule has 0 saturated carbocycles. The Kier molecular flexibility index (Phi) is 4.06. The van der Waals surface area contributed by atoms with E-state index in [1.807, 2.05) is 0 Å². The minimum absolute atomic E-state index is 0.00260. The van der Waals surface area contributed by atoms with Gasteiger partial charge in [0.05, 0.1) is 18.7 Å². The standard InChI is InChI=1S/C11H15ClN4O3/c1-15(2-3-17)11-13-4-8(12)9(14-11)16-5-7(6-16)10(18)19/h4,7,17H,2-3,5-6H2,1H3,(H,18,19). The summed E-state index contributed by atoms with van der Waals surface area (Å²) in [4.78, 5) is 22.7. The van der Waals surface area contributed by atoms with Gasteiger partial charge in [-0.05, 0) is 0 Å². The predicted octanol–water partition coefficient (Wildman–Crippen LogP) is 0.0793. The van der Waals surface area contributed by atoms with Crippen LogP contribution in [-0.2, 0) is 4.79 Å². The Bertz CT molecular complexity index is 479. The van der Waals surface area contributed by atoms with Gasteiger partial charge in [-0.25, -0.2) is 4.98 Å². The molecule has 2 heterocycles. The summed E-state index contributed by atoms with van der Waals surface area (Å²) in [6.07, 6.45) is 1.49. The molecule has 1 aromatic rings. The first-order valence-corrected chi connectivity index (χ1v) is 6.23. The summed E-state index contributed by atoms with van der Waals surface area (Å²) in [6, 6.07) is 0. The molecule has 2 N–H and O–H groups in total. The van der Waals surface area contributed by atoms with Gasteiger partial charge in [-0.3, -0.25) is 4.79 Å². The van der Waals surface area contributed by atoms with E-state index in [0.717, 1.165) is 0 Å². The number of likely N-dealkylation sites (N-methyl/N-ethyl adjacent to an activating group) is 1. The Morgan fingerprint density at radius 1 is 1.63 bits per heavy atom. The zero-order chi connectivity index (χ0) is 14.0. The van der Waals surface area contributed by atoms with Crippen LogP contribution in [0, 0.1) is 5.92 Å². The van der Waals surface area contributed by atoms with Crippen molar-refractivity contribution in [1.82, 2.24) is 9.97 Å². The van der Waals surface area contributed by atoms with Crippen LogP contribution >= 0.6 is 11.6 Å². The van der Waals surface area contributed by atoms with Crippen LogP contribution in [0.3, 0.4) is 0 Å². The molecule has 0 atom stereocenters. The molecule has 1 aliphatic heterocycles. The third kappa shape index (κ3) is 2.87. The minimum atomic E-state index is -0.806. The van der Waals surface area contributed by atoms with Crippen molar-refractivity contribution in [3.8, 4) is 0 Å². The molecule has 0 aromatic carbocycles. The number of halogens is 1. The molecule has 0 amide bonds. The molecule has 1 aromatic heterocycles. The lowest BCUT2D eigenvalue weighted by atomic mass is 10.0. The summed E-state index contributed by atoms with van der Waals surface area (Å²) < 4.78 is 0.